The Labute approximate surface area is 138 Å². The Morgan fingerprint density at radius 3 is 2.68 bits per heavy atom. The molecular weight excluding hydrogens is 340 g/mol. The molecule has 1 aromatic heterocycles. The topological polar surface area (TPSA) is 27.1 Å². The van der Waals surface area contributed by atoms with Crippen LogP contribution in [0.2, 0.25) is 0 Å². The molecule has 3 rings (SSSR count). The van der Waals surface area contributed by atoms with Crippen molar-refractivity contribution in [1.29, 1.82) is 0 Å². The Bertz CT molecular complexity index is 708. The maximum absolute atomic E-state index is 5.85. The number of halogens is 1. The molecule has 0 aliphatic heterocycles. The van der Waals surface area contributed by atoms with E-state index in [1.54, 1.807) is 6.20 Å². The number of nitrogens with zero attached hydrogens (tertiary/aromatic N) is 2. The highest BCUT2D eigenvalue weighted by atomic mass is 79.9. The maximum Gasteiger partial charge on any atom is 0.119 e. The summed E-state index contributed by atoms with van der Waals surface area (Å²) in [6, 6.07) is 16.5. The molecule has 1 heterocycles. The molecule has 0 bridgehead atoms. The quantitative estimate of drug-likeness (QED) is 0.594. The van der Waals surface area contributed by atoms with E-state index in [9.17, 15) is 0 Å². The van der Waals surface area contributed by atoms with Gasteiger partial charge >= 0.3 is 0 Å². The van der Waals surface area contributed by atoms with Crippen molar-refractivity contribution in [3.05, 3.63) is 71.7 Å². The molecule has 0 unspecified atom stereocenters. The minimum atomic E-state index is 0.696. The van der Waals surface area contributed by atoms with Gasteiger partial charge in [0.05, 0.1) is 12.9 Å². The molecule has 3 aromatic rings. The Kier molecular flexibility index (Phi) is 4.91. The lowest BCUT2D eigenvalue weighted by molar-refractivity contribution is 0.302. The van der Waals surface area contributed by atoms with Gasteiger partial charge in [-0.25, -0.2) is 4.98 Å². The number of hydrogen-bond acceptors (Lipinski definition) is 2. The first kappa shape index (κ1) is 14.9. The molecule has 0 spiro atoms. The molecule has 112 valence electrons. The van der Waals surface area contributed by atoms with Crippen LogP contribution in [0.3, 0.4) is 0 Å². The fourth-order valence-electron chi connectivity index (χ4n) is 2.26. The van der Waals surface area contributed by atoms with Crippen LogP contribution in [0, 0.1) is 0 Å². The molecule has 0 atom stereocenters. The molecule has 0 saturated heterocycles. The standard InChI is InChI=1S/C18H17BrN2O/c19-17-7-5-15(6-8-17)16-3-1-4-18(13-16)22-12-2-10-21-11-9-20-14-21/h1,3-9,11,13-14H,2,10,12H2. The van der Waals surface area contributed by atoms with Gasteiger partial charge in [0, 0.05) is 23.4 Å². The SMILES string of the molecule is Brc1ccc(-c2cccc(OCCCn3ccnc3)c2)cc1. The van der Waals surface area contributed by atoms with Crippen LogP contribution in [0.15, 0.2) is 71.7 Å². The highest BCUT2D eigenvalue weighted by Crippen LogP contribution is 2.25. The van der Waals surface area contributed by atoms with Crippen LogP contribution >= 0.6 is 15.9 Å². The Balaban J connectivity index is 1.58. The number of aromatic nitrogens is 2. The third kappa shape index (κ3) is 3.98. The van der Waals surface area contributed by atoms with Crippen molar-refractivity contribution >= 4 is 15.9 Å². The van der Waals surface area contributed by atoms with Crippen molar-refractivity contribution < 1.29 is 4.74 Å². The van der Waals surface area contributed by atoms with E-state index in [1.165, 1.54) is 11.1 Å². The third-order valence-corrected chi connectivity index (χ3v) is 3.93. The fourth-order valence-corrected chi connectivity index (χ4v) is 2.53. The number of hydrogen-bond donors (Lipinski definition) is 0. The van der Waals surface area contributed by atoms with Gasteiger partial charge in [-0.1, -0.05) is 40.2 Å². The van der Waals surface area contributed by atoms with Crippen LogP contribution in [0.4, 0.5) is 0 Å². The average molecular weight is 357 g/mol. The Morgan fingerprint density at radius 2 is 1.91 bits per heavy atom. The molecule has 0 saturated carbocycles. The van der Waals surface area contributed by atoms with Crippen LogP contribution < -0.4 is 4.74 Å². The van der Waals surface area contributed by atoms with E-state index in [1.807, 2.05) is 36.8 Å². The number of ether oxygens (including phenoxy) is 1. The molecule has 0 aliphatic carbocycles. The summed E-state index contributed by atoms with van der Waals surface area (Å²) >= 11 is 3.46. The van der Waals surface area contributed by atoms with Gasteiger partial charge in [-0.15, -0.1) is 0 Å². The van der Waals surface area contributed by atoms with Crippen molar-refractivity contribution in [3.63, 3.8) is 0 Å². The molecule has 0 aliphatic rings. The van der Waals surface area contributed by atoms with Gasteiger partial charge in [-0.05, 0) is 41.8 Å². The second-order valence-corrected chi connectivity index (χ2v) is 5.95. The summed E-state index contributed by atoms with van der Waals surface area (Å²) in [4.78, 5) is 4.03. The van der Waals surface area contributed by atoms with Gasteiger partial charge in [0.15, 0.2) is 0 Å². The predicted molar refractivity (Wildman–Crippen MR) is 91.9 cm³/mol. The van der Waals surface area contributed by atoms with E-state index < -0.39 is 0 Å². The van der Waals surface area contributed by atoms with Gasteiger partial charge in [0.25, 0.3) is 0 Å². The lowest BCUT2D eigenvalue weighted by Crippen LogP contribution is -2.03. The van der Waals surface area contributed by atoms with Crippen LogP contribution in [-0.2, 0) is 6.54 Å². The molecule has 2 aromatic carbocycles. The van der Waals surface area contributed by atoms with Crippen molar-refractivity contribution in [1.82, 2.24) is 9.55 Å². The molecule has 0 N–H and O–H groups in total. The second-order valence-electron chi connectivity index (χ2n) is 5.04. The smallest absolute Gasteiger partial charge is 0.119 e. The van der Waals surface area contributed by atoms with Crippen LogP contribution in [0.25, 0.3) is 11.1 Å². The average Bonchev–Trinajstić information content (AvgIpc) is 3.06. The van der Waals surface area contributed by atoms with Crippen LogP contribution in [0.1, 0.15) is 6.42 Å². The minimum Gasteiger partial charge on any atom is -0.494 e. The predicted octanol–water partition coefficient (Wildman–Crippen LogP) is 4.78. The fraction of sp³-hybridized carbons (Fsp3) is 0.167. The van der Waals surface area contributed by atoms with E-state index in [2.05, 4.69) is 49.7 Å². The number of imidazole rings is 1. The number of aryl methyl sites for hydroxylation is 1. The summed E-state index contributed by atoms with van der Waals surface area (Å²) in [7, 11) is 0. The maximum atomic E-state index is 5.85. The summed E-state index contributed by atoms with van der Waals surface area (Å²) in [5.41, 5.74) is 2.35. The first-order valence-corrected chi connectivity index (χ1v) is 8.05. The van der Waals surface area contributed by atoms with Crippen LogP contribution in [0.5, 0.6) is 5.75 Å². The molecule has 0 radical (unpaired) electrons. The van der Waals surface area contributed by atoms with Gasteiger partial charge < -0.3 is 9.30 Å². The Hall–Kier alpha value is -2.07. The minimum absolute atomic E-state index is 0.696. The van der Waals surface area contributed by atoms with E-state index in [0.717, 1.165) is 23.2 Å². The van der Waals surface area contributed by atoms with Gasteiger partial charge in [0.1, 0.15) is 5.75 Å². The van der Waals surface area contributed by atoms with E-state index in [4.69, 9.17) is 4.74 Å². The van der Waals surface area contributed by atoms with Crippen molar-refractivity contribution in [2.75, 3.05) is 6.61 Å². The zero-order chi connectivity index (χ0) is 15.2. The molecule has 4 heteroatoms. The van der Waals surface area contributed by atoms with Gasteiger partial charge in [-0.3, -0.25) is 0 Å². The second kappa shape index (κ2) is 7.27. The largest absolute Gasteiger partial charge is 0.494 e. The van der Waals surface area contributed by atoms with Crippen molar-refractivity contribution in [2.45, 2.75) is 13.0 Å². The monoisotopic (exact) mass is 356 g/mol. The number of benzene rings is 2. The molecular formula is C18H17BrN2O. The van der Waals surface area contributed by atoms with Crippen LogP contribution in [-0.4, -0.2) is 16.2 Å². The van der Waals surface area contributed by atoms with Gasteiger partial charge in [-0.2, -0.15) is 0 Å². The zero-order valence-electron chi connectivity index (χ0n) is 12.2. The van der Waals surface area contributed by atoms with E-state index in [-0.39, 0.29) is 0 Å². The lowest BCUT2D eigenvalue weighted by atomic mass is 10.1. The molecule has 0 fully saturated rings. The molecule has 22 heavy (non-hydrogen) atoms. The van der Waals surface area contributed by atoms with Gasteiger partial charge in [0.2, 0.25) is 0 Å². The summed E-state index contributed by atoms with van der Waals surface area (Å²) in [6.07, 6.45) is 6.55. The summed E-state index contributed by atoms with van der Waals surface area (Å²) in [6.45, 7) is 1.62. The van der Waals surface area contributed by atoms with E-state index in [0.29, 0.717) is 6.61 Å². The summed E-state index contributed by atoms with van der Waals surface area (Å²) in [5, 5.41) is 0. The van der Waals surface area contributed by atoms with E-state index >= 15 is 0 Å². The molecule has 0 amide bonds. The zero-order valence-corrected chi connectivity index (χ0v) is 13.7. The Morgan fingerprint density at radius 1 is 1.05 bits per heavy atom. The normalized spacial score (nSPS) is 10.6. The van der Waals surface area contributed by atoms with Crippen molar-refractivity contribution in [3.8, 4) is 16.9 Å². The first-order chi connectivity index (χ1) is 10.8. The number of rotatable bonds is 6. The third-order valence-electron chi connectivity index (χ3n) is 3.40. The first-order valence-electron chi connectivity index (χ1n) is 7.26. The summed E-state index contributed by atoms with van der Waals surface area (Å²) in [5.74, 6) is 0.908. The lowest BCUT2D eigenvalue weighted by Gasteiger charge is -2.09. The highest BCUT2D eigenvalue weighted by Gasteiger charge is 2.00. The molecule has 3 nitrogen and oxygen atoms in total. The highest BCUT2D eigenvalue weighted by molar-refractivity contribution is 9.10. The summed E-state index contributed by atoms with van der Waals surface area (Å²) < 4.78 is 8.99. The van der Waals surface area contributed by atoms with Crippen molar-refractivity contribution in [2.24, 2.45) is 0 Å².